The van der Waals surface area contributed by atoms with Gasteiger partial charge < -0.3 is 19.8 Å². The molecule has 0 aliphatic rings. The molecular weight excluding hydrogens is 318 g/mol. The summed E-state index contributed by atoms with van der Waals surface area (Å²) in [5.74, 6) is -1.99. The molecule has 144 valence electrons. The van der Waals surface area contributed by atoms with Crippen LogP contribution in [0.4, 0.5) is 0 Å². The van der Waals surface area contributed by atoms with Crippen molar-refractivity contribution in [3.05, 3.63) is 0 Å². The van der Waals surface area contributed by atoms with E-state index in [-0.39, 0.29) is 44.1 Å². The number of rotatable bonds is 16. The maximum absolute atomic E-state index is 10.2. The summed E-state index contributed by atoms with van der Waals surface area (Å²) < 4.78 is 0. The van der Waals surface area contributed by atoms with E-state index >= 15 is 0 Å². The molecule has 0 aliphatic carbocycles. The zero-order valence-corrected chi connectivity index (χ0v) is 17.9. The minimum absolute atomic E-state index is 0. The second kappa shape index (κ2) is 29.9. The molecule has 0 atom stereocenters. The van der Waals surface area contributed by atoms with Gasteiger partial charge in [0.15, 0.2) is 0 Å². The molecule has 0 saturated carbocycles. The summed E-state index contributed by atoms with van der Waals surface area (Å²) in [5, 5.41) is 19.1. The van der Waals surface area contributed by atoms with Crippen LogP contribution in [-0.4, -0.2) is 11.9 Å². The van der Waals surface area contributed by atoms with E-state index in [1.165, 1.54) is 83.5 Å². The smallest absolute Gasteiger partial charge is 0.550 e. The molecule has 0 spiro atoms. The summed E-state index contributed by atoms with van der Waals surface area (Å²) in [6, 6.07) is 0. The summed E-state index contributed by atoms with van der Waals surface area (Å²) in [4.78, 5) is 19.1. The first-order chi connectivity index (χ1) is 11.5. The van der Waals surface area contributed by atoms with Crippen molar-refractivity contribution in [2.45, 2.75) is 117 Å². The van der Waals surface area contributed by atoms with Gasteiger partial charge in [-0.25, -0.2) is 0 Å². The predicted molar refractivity (Wildman–Crippen MR) is 95.2 cm³/mol. The summed E-state index contributed by atoms with van der Waals surface area (Å²) in [5.41, 5.74) is 0. The number of unbranched alkanes of at least 4 members (excludes halogenated alkanes) is 14. The summed E-state index contributed by atoms with van der Waals surface area (Å²) >= 11 is 0. The van der Waals surface area contributed by atoms with Gasteiger partial charge in [-0.2, -0.15) is 0 Å². The van der Waals surface area contributed by atoms with E-state index in [0.29, 0.717) is 0 Å². The Kier molecular flexibility index (Phi) is 38.7. The molecule has 0 fully saturated rings. The molecule has 6 heteroatoms. The van der Waals surface area contributed by atoms with Crippen molar-refractivity contribution in [2.75, 3.05) is 0 Å². The van der Waals surface area contributed by atoms with Crippen molar-refractivity contribution >= 4 is 11.9 Å². The van der Waals surface area contributed by atoms with Crippen LogP contribution in [0.1, 0.15) is 117 Å². The molecule has 0 aromatic carbocycles. The fourth-order valence-electron chi connectivity index (χ4n) is 2.64. The largest absolute Gasteiger partial charge is 1.00 e. The van der Waals surface area contributed by atoms with Gasteiger partial charge in [0.25, 0.3) is 0 Å². The fraction of sp³-hybridized carbons (Fsp3) is 0.900. The third-order valence-corrected chi connectivity index (χ3v) is 3.98. The fourth-order valence-corrected chi connectivity index (χ4v) is 2.64. The summed E-state index contributed by atoms with van der Waals surface area (Å²) in [7, 11) is 0. The van der Waals surface area contributed by atoms with Crippen molar-refractivity contribution in [1.82, 2.24) is 0 Å². The van der Waals surface area contributed by atoms with Gasteiger partial charge in [-0.05, 0) is 19.8 Å². The van der Waals surface area contributed by atoms with E-state index in [1.54, 1.807) is 0 Å². The molecular formula is C20H38Li2O4. The van der Waals surface area contributed by atoms with E-state index < -0.39 is 11.9 Å². The Bertz CT molecular complexity index is 283. The molecule has 0 N–H and O–H groups in total. The van der Waals surface area contributed by atoms with Crippen LogP contribution in [0.3, 0.4) is 0 Å². The first kappa shape index (κ1) is 33.7. The number of carbonyl (C=O) groups is 2. The Labute approximate surface area is 185 Å². The van der Waals surface area contributed by atoms with E-state index in [4.69, 9.17) is 9.90 Å². The number of carboxylic acid groups (broad SMARTS) is 2. The normalized spacial score (nSPS) is 9.31. The Morgan fingerprint density at radius 1 is 0.577 bits per heavy atom. The molecule has 0 heterocycles. The molecule has 0 rings (SSSR count). The molecule has 26 heavy (non-hydrogen) atoms. The maximum Gasteiger partial charge on any atom is 1.00 e. The monoisotopic (exact) mass is 356 g/mol. The van der Waals surface area contributed by atoms with Gasteiger partial charge in [0.2, 0.25) is 0 Å². The van der Waals surface area contributed by atoms with Crippen molar-refractivity contribution < 1.29 is 57.5 Å². The summed E-state index contributed by atoms with van der Waals surface area (Å²) in [6.07, 6.45) is 19.9. The Morgan fingerprint density at radius 3 is 1.04 bits per heavy atom. The SMILES string of the molecule is CC(=O)[O-].CCCCCCCCCCCCCCCCCC(=O)[O-].[Li+].[Li+]. The first-order valence-corrected chi connectivity index (χ1v) is 9.88. The minimum Gasteiger partial charge on any atom is -0.550 e. The second-order valence-corrected chi connectivity index (χ2v) is 6.56. The molecule has 4 nitrogen and oxygen atoms in total. The number of carbonyl (C=O) groups excluding carboxylic acids is 2. The number of aliphatic carboxylic acids is 2. The third-order valence-electron chi connectivity index (χ3n) is 3.98. The molecule has 0 saturated heterocycles. The molecule has 0 aromatic rings. The van der Waals surface area contributed by atoms with E-state index in [2.05, 4.69) is 6.92 Å². The first-order valence-electron chi connectivity index (χ1n) is 9.88. The van der Waals surface area contributed by atoms with Gasteiger partial charge in [-0.15, -0.1) is 0 Å². The van der Waals surface area contributed by atoms with Gasteiger partial charge >= 0.3 is 37.7 Å². The van der Waals surface area contributed by atoms with E-state index in [0.717, 1.165) is 19.8 Å². The van der Waals surface area contributed by atoms with Gasteiger partial charge in [-0.1, -0.05) is 96.8 Å². The van der Waals surface area contributed by atoms with Gasteiger partial charge in [0.05, 0.1) is 0 Å². The molecule has 0 bridgehead atoms. The van der Waals surface area contributed by atoms with E-state index in [9.17, 15) is 9.90 Å². The van der Waals surface area contributed by atoms with Crippen LogP contribution in [0.5, 0.6) is 0 Å². The molecule has 0 radical (unpaired) electrons. The van der Waals surface area contributed by atoms with Crippen molar-refractivity contribution in [3.8, 4) is 0 Å². The summed E-state index contributed by atoms with van der Waals surface area (Å²) in [6.45, 7) is 3.24. The Balaban J connectivity index is -0.000000363. The standard InChI is InChI=1S/C18H36O2.C2H4O2.2Li/c1-2-3-4-5-6-7-8-9-10-11-12-13-14-15-16-17-18(19)20;1-2(3)4;;/h2-17H2,1H3,(H,19,20);1H3,(H,3,4);;/q;;2*+1/p-2. The van der Waals surface area contributed by atoms with Crippen molar-refractivity contribution in [1.29, 1.82) is 0 Å². The molecule has 0 aliphatic heterocycles. The second-order valence-electron chi connectivity index (χ2n) is 6.56. The van der Waals surface area contributed by atoms with Crippen LogP contribution in [0.2, 0.25) is 0 Å². The molecule has 0 amide bonds. The maximum atomic E-state index is 10.2. The zero-order valence-electron chi connectivity index (χ0n) is 17.9. The Morgan fingerprint density at radius 2 is 0.808 bits per heavy atom. The van der Waals surface area contributed by atoms with Crippen LogP contribution in [0.15, 0.2) is 0 Å². The van der Waals surface area contributed by atoms with Crippen LogP contribution in [0.25, 0.3) is 0 Å². The number of carboxylic acids is 2. The number of hydrogen-bond donors (Lipinski definition) is 0. The van der Waals surface area contributed by atoms with Gasteiger partial charge in [0.1, 0.15) is 0 Å². The van der Waals surface area contributed by atoms with Gasteiger partial charge in [-0.3, -0.25) is 0 Å². The molecule has 0 aromatic heterocycles. The zero-order chi connectivity index (χ0) is 18.5. The number of hydrogen-bond acceptors (Lipinski definition) is 4. The third kappa shape index (κ3) is 44.0. The predicted octanol–water partition coefficient (Wildman–Crippen LogP) is -2.24. The average Bonchev–Trinajstić information content (AvgIpc) is 2.50. The van der Waals surface area contributed by atoms with Crippen molar-refractivity contribution in [2.24, 2.45) is 0 Å². The van der Waals surface area contributed by atoms with Crippen molar-refractivity contribution in [3.63, 3.8) is 0 Å². The average molecular weight is 356 g/mol. The van der Waals surface area contributed by atoms with Crippen LogP contribution < -0.4 is 47.9 Å². The van der Waals surface area contributed by atoms with E-state index in [1.807, 2.05) is 0 Å². The van der Waals surface area contributed by atoms with Crippen LogP contribution in [-0.2, 0) is 9.59 Å². The van der Waals surface area contributed by atoms with Crippen LogP contribution in [0, 0.1) is 0 Å². The topological polar surface area (TPSA) is 80.3 Å². The van der Waals surface area contributed by atoms with Gasteiger partial charge in [0, 0.05) is 11.9 Å². The minimum atomic E-state index is -1.08. The Hall–Kier alpha value is 0.135. The van der Waals surface area contributed by atoms with Crippen LogP contribution >= 0.6 is 0 Å². The molecule has 0 unspecified atom stereocenters. The quantitative estimate of drug-likeness (QED) is 0.231.